The number of halogens is 2. The third-order valence-corrected chi connectivity index (χ3v) is 3.74. The van der Waals surface area contributed by atoms with Gasteiger partial charge in [-0.3, -0.25) is 4.90 Å². The number of phenolic OH excluding ortho intramolecular Hbond substituents is 1. The Morgan fingerprint density at radius 2 is 1.95 bits per heavy atom. The summed E-state index contributed by atoms with van der Waals surface area (Å²) in [6, 6.07) is 6.14. The zero-order chi connectivity index (χ0) is 13.7. The lowest BCUT2D eigenvalue weighted by atomic mass is 9.99. The Morgan fingerprint density at radius 3 is 2.52 bits per heavy atom. The van der Waals surface area contributed by atoms with Gasteiger partial charge < -0.3 is 15.2 Å². The van der Waals surface area contributed by atoms with Crippen molar-refractivity contribution in [2.24, 2.45) is 0 Å². The Kier molecular flexibility index (Phi) is 9.79. The van der Waals surface area contributed by atoms with Crippen molar-refractivity contribution in [3.05, 3.63) is 23.8 Å². The van der Waals surface area contributed by atoms with Crippen LogP contribution in [0.2, 0.25) is 0 Å². The van der Waals surface area contributed by atoms with E-state index in [2.05, 4.69) is 17.1 Å². The number of phenols is 1. The molecule has 2 N–H and O–H groups in total. The molecule has 21 heavy (non-hydrogen) atoms. The van der Waals surface area contributed by atoms with E-state index in [1.807, 2.05) is 12.1 Å². The highest BCUT2D eigenvalue weighted by Crippen LogP contribution is 2.33. The molecule has 1 aliphatic rings. The first-order chi connectivity index (χ1) is 9.26. The molecule has 0 radical (unpaired) electrons. The molecule has 6 heteroatoms. The van der Waals surface area contributed by atoms with E-state index in [4.69, 9.17) is 4.74 Å². The van der Waals surface area contributed by atoms with Crippen LogP contribution >= 0.6 is 24.8 Å². The number of ether oxygens (including phenoxy) is 1. The number of nitrogens with zero attached hydrogens (tertiary/aromatic N) is 1. The molecule has 0 unspecified atom stereocenters. The molecule has 122 valence electrons. The number of aromatic hydroxyl groups is 1. The van der Waals surface area contributed by atoms with Crippen LogP contribution in [0.4, 0.5) is 0 Å². The summed E-state index contributed by atoms with van der Waals surface area (Å²) in [5.41, 5.74) is 1.23. The Labute approximate surface area is 139 Å². The van der Waals surface area contributed by atoms with Crippen molar-refractivity contribution < 1.29 is 9.84 Å². The highest BCUT2D eigenvalue weighted by molar-refractivity contribution is 5.85. The van der Waals surface area contributed by atoms with Crippen LogP contribution in [0.15, 0.2) is 18.2 Å². The zero-order valence-corrected chi connectivity index (χ0v) is 14.3. The summed E-state index contributed by atoms with van der Waals surface area (Å²) in [5.74, 6) is 0.774. The lowest BCUT2D eigenvalue weighted by Crippen LogP contribution is -2.45. The summed E-state index contributed by atoms with van der Waals surface area (Å²) in [5, 5.41) is 13.1. The van der Waals surface area contributed by atoms with Crippen molar-refractivity contribution in [1.82, 2.24) is 10.2 Å². The third kappa shape index (κ3) is 5.22. The van der Waals surface area contributed by atoms with Crippen LogP contribution in [0.5, 0.6) is 11.5 Å². The predicted octanol–water partition coefficient (Wildman–Crippen LogP) is 2.99. The smallest absolute Gasteiger partial charge is 0.160 e. The van der Waals surface area contributed by atoms with Gasteiger partial charge in [0.25, 0.3) is 0 Å². The van der Waals surface area contributed by atoms with Crippen molar-refractivity contribution in [3.63, 3.8) is 0 Å². The molecule has 1 fully saturated rings. The molecule has 1 saturated heterocycles. The van der Waals surface area contributed by atoms with Crippen LogP contribution < -0.4 is 10.1 Å². The van der Waals surface area contributed by atoms with Crippen molar-refractivity contribution in [2.75, 3.05) is 33.3 Å². The van der Waals surface area contributed by atoms with E-state index < -0.39 is 0 Å². The second-order valence-corrected chi connectivity index (χ2v) is 5.02. The van der Waals surface area contributed by atoms with E-state index >= 15 is 0 Å². The van der Waals surface area contributed by atoms with Gasteiger partial charge in [-0.1, -0.05) is 19.4 Å². The third-order valence-electron chi connectivity index (χ3n) is 3.74. The normalized spacial score (nSPS) is 16.5. The van der Waals surface area contributed by atoms with Gasteiger partial charge in [0.2, 0.25) is 0 Å². The van der Waals surface area contributed by atoms with E-state index in [0.29, 0.717) is 11.8 Å². The highest BCUT2D eigenvalue weighted by atomic mass is 35.5. The molecule has 1 atom stereocenters. The van der Waals surface area contributed by atoms with Crippen molar-refractivity contribution in [1.29, 1.82) is 0 Å². The van der Waals surface area contributed by atoms with Gasteiger partial charge in [0.15, 0.2) is 11.5 Å². The number of rotatable bonds is 5. The Morgan fingerprint density at radius 1 is 1.29 bits per heavy atom. The Hall–Kier alpha value is -0.680. The topological polar surface area (TPSA) is 44.7 Å². The first kappa shape index (κ1) is 20.3. The van der Waals surface area contributed by atoms with Gasteiger partial charge in [-0.2, -0.15) is 0 Å². The molecule has 1 heterocycles. The zero-order valence-electron chi connectivity index (χ0n) is 12.7. The van der Waals surface area contributed by atoms with Crippen LogP contribution in [0, 0.1) is 0 Å². The Bertz CT molecular complexity index is 413. The van der Waals surface area contributed by atoms with Gasteiger partial charge >= 0.3 is 0 Å². The quantitative estimate of drug-likeness (QED) is 0.867. The second kappa shape index (κ2) is 10.1. The Balaban J connectivity index is 0.00000200. The minimum Gasteiger partial charge on any atom is -0.504 e. The van der Waals surface area contributed by atoms with Gasteiger partial charge in [-0.05, 0) is 24.1 Å². The van der Waals surface area contributed by atoms with Gasteiger partial charge in [0.05, 0.1) is 7.11 Å². The summed E-state index contributed by atoms with van der Waals surface area (Å²) >= 11 is 0. The SMILES string of the molecule is CCC[C@H](c1ccc(O)c(OC)c1)N1CCNCC1.Cl.Cl. The highest BCUT2D eigenvalue weighted by Gasteiger charge is 2.22. The van der Waals surface area contributed by atoms with Crippen LogP contribution in [0.3, 0.4) is 0 Å². The monoisotopic (exact) mass is 336 g/mol. The van der Waals surface area contributed by atoms with Crippen LogP contribution in [-0.4, -0.2) is 43.3 Å². The molecule has 1 aliphatic heterocycles. The molecule has 0 aliphatic carbocycles. The summed E-state index contributed by atoms with van der Waals surface area (Å²) in [6.45, 7) is 6.47. The van der Waals surface area contributed by atoms with Crippen LogP contribution in [0.25, 0.3) is 0 Å². The maximum absolute atomic E-state index is 9.71. The first-order valence-corrected chi connectivity index (χ1v) is 7.08. The molecule has 0 bridgehead atoms. The number of nitrogens with one attached hydrogen (secondary N) is 1. The fraction of sp³-hybridized carbons (Fsp3) is 0.600. The maximum Gasteiger partial charge on any atom is 0.160 e. The van der Waals surface area contributed by atoms with Gasteiger partial charge in [0.1, 0.15) is 0 Å². The largest absolute Gasteiger partial charge is 0.504 e. The fourth-order valence-corrected chi connectivity index (χ4v) is 2.73. The molecular formula is C15H26Cl2N2O2. The number of hydrogen-bond donors (Lipinski definition) is 2. The number of piperazine rings is 1. The number of methoxy groups -OCH3 is 1. The minimum atomic E-state index is 0. The van der Waals surface area contributed by atoms with Gasteiger partial charge in [0, 0.05) is 32.2 Å². The molecule has 1 aromatic rings. The number of benzene rings is 1. The summed E-state index contributed by atoms with van der Waals surface area (Å²) in [6.07, 6.45) is 2.28. The molecular weight excluding hydrogens is 311 g/mol. The molecule has 1 aromatic carbocycles. The van der Waals surface area contributed by atoms with Gasteiger partial charge in [-0.25, -0.2) is 0 Å². The first-order valence-electron chi connectivity index (χ1n) is 7.08. The van der Waals surface area contributed by atoms with Crippen molar-refractivity contribution in [2.45, 2.75) is 25.8 Å². The standard InChI is InChI=1S/C15H24N2O2.2ClH/c1-3-4-13(17-9-7-16-8-10-17)12-5-6-14(18)15(11-12)19-2;;/h5-6,11,13,16,18H,3-4,7-10H2,1-2H3;2*1H/t13-;;/m1../s1. The van der Waals surface area contributed by atoms with E-state index in [-0.39, 0.29) is 30.6 Å². The molecule has 0 aromatic heterocycles. The molecule has 2 rings (SSSR count). The number of hydrogen-bond acceptors (Lipinski definition) is 4. The second-order valence-electron chi connectivity index (χ2n) is 5.02. The summed E-state index contributed by atoms with van der Waals surface area (Å²) in [7, 11) is 1.60. The van der Waals surface area contributed by atoms with Gasteiger partial charge in [-0.15, -0.1) is 24.8 Å². The lowest BCUT2D eigenvalue weighted by Gasteiger charge is -2.35. The van der Waals surface area contributed by atoms with Crippen LogP contribution in [-0.2, 0) is 0 Å². The van der Waals surface area contributed by atoms with E-state index in [1.54, 1.807) is 13.2 Å². The maximum atomic E-state index is 9.71. The van der Waals surface area contributed by atoms with E-state index in [1.165, 1.54) is 5.56 Å². The van der Waals surface area contributed by atoms with Crippen molar-refractivity contribution >= 4 is 24.8 Å². The predicted molar refractivity (Wildman–Crippen MR) is 91.2 cm³/mol. The van der Waals surface area contributed by atoms with E-state index in [0.717, 1.165) is 39.0 Å². The average molecular weight is 337 g/mol. The lowest BCUT2D eigenvalue weighted by molar-refractivity contribution is 0.164. The minimum absolute atomic E-state index is 0. The molecule has 4 nitrogen and oxygen atoms in total. The summed E-state index contributed by atoms with van der Waals surface area (Å²) < 4.78 is 5.22. The molecule has 0 amide bonds. The summed E-state index contributed by atoms with van der Waals surface area (Å²) in [4.78, 5) is 2.52. The van der Waals surface area contributed by atoms with E-state index in [9.17, 15) is 5.11 Å². The molecule has 0 saturated carbocycles. The molecule has 0 spiro atoms. The van der Waals surface area contributed by atoms with Crippen LogP contribution in [0.1, 0.15) is 31.4 Å². The fourth-order valence-electron chi connectivity index (χ4n) is 2.73. The average Bonchev–Trinajstić information content (AvgIpc) is 2.46. The van der Waals surface area contributed by atoms with Crippen molar-refractivity contribution in [3.8, 4) is 11.5 Å².